The van der Waals surface area contributed by atoms with E-state index in [9.17, 15) is 19.4 Å². The van der Waals surface area contributed by atoms with Gasteiger partial charge in [0.15, 0.2) is 12.4 Å². The summed E-state index contributed by atoms with van der Waals surface area (Å²) in [6.45, 7) is -0.763. The van der Waals surface area contributed by atoms with E-state index in [-0.39, 0.29) is 5.82 Å². The van der Waals surface area contributed by atoms with Crippen LogP contribution in [-0.4, -0.2) is 49.8 Å². The highest BCUT2D eigenvalue weighted by Crippen LogP contribution is 2.64. The van der Waals surface area contributed by atoms with Crippen molar-refractivity contribution in [1.29, 1.82) is 0 Å². The zero-order chi connectivity index (χ0) is 15.4. The highest BCUT2D eigenvalue weighted by Gasteiger charge is 2.87. The molecule has 0 spiro atoms. The number of alkyl halides is 1. The van der Waals surface area contributed by atoms with Gasteiger partial charge in [0.2, 0.25) is 0 Å². The maximum atomic E-state index is 14.5. The topological polar surface area (TPSA) is 159 Å². The number of aliphatic hydroxyl groups excluding tert-OH is 1. The van der Waals surface area contributed by atoms with Gasteiger partial charge in [-0.2, -0.15) is 4.98 Å². The third-order valence-electron chi connectivity index (χ3n) is 3.98. The average molecular weight is 298 g/mol. The summed E-state index contributed by atoms with van der Waals surface area (Å²) >= 11 is 0. The summed E-state index contributed by atoms with van der Waals surface area (Å²) in [4.78, 5) is 17.6. The summed E-state index contributed by atoms with van der Waals surface area (Å²) < 4.78 is 20.6. The fraction of sp³-hybridized carbons (Fsp3) is 0.600. The second-order valence-corrected chi connectivity index (χ2v) is 4.93. The molecule has 1 saturated carbocycles. The van der Waals surface area contributed by atoms with Crippen LogP contribution in [0.15, 0.2) is 22.2 Å². The SMILES string of the molecule is [N-]=[N+]=NC1[C@]2(CO)O[C@@H](n3ccc(N)nc3=O)[C@H](F)[C@@]12O. The van der Waals surface area contributed by atoms with Crippen LogP contribution in [0, 0.1) is 0 Å². The second kappa shape index (κ2) is 4.15. The molecule has 1 aliphatic heterocycles. The Bertz CT molecular complexity index is 701. The molecule has 10 nitrogen and oxygen atoms in total. The van der Waals surface area contributed by atoms with Crippen LogP contribution < -0.4 is 11.4 Å². The number of fused-ring (bicyclic) bond motifs is 1. The molecule has 1 unspecified atom stereocenters. The lowest BCUT2D eigenvalue weighted by molar-refractivity contribution is -0.0829. The molecular formula is C10H11FN6O4. The van der Waals surface area contributed by atoms with Gasteiger partial charge in [-0.1, -0.05) is 5.11 Å². The van der Waals surface area contributed by atoms with Crippen LogP contribution >= 0.6 is 0 Å². The molecule has 1 aromatic heterocycles. The number of halogens is 1. The Morgan fingerprint density at radius 1 is 1.71 bits per heavy atom. The zero-order valence-corrected chi connectivity index (χ0v) is 10.5. The number of hydrogen-bond donors (Lipinski definition) is 3. The molecule has 112 valence electrons. The largest absolute Gasteiger partial charge is 0.393 e. The summed E-state index contributed by atoms with van der Waals surface area (Å²) in [5.74, 6) is -0.0441. The Kier molecular flexibility index (Phi) is 2.72. The molecule has 2 heterocycles. The monoisotopic (exact) mass is 298 g/mol. The maximum Gasteiger partial charge on any atom is 0.351 e. The third kappa shape index (κ3) is 1.48. The standard InChI is InChI=1S/C10H11FN6O4/c11-5-6(17-2-1-4(12)14-8(17)19)21-9(3-18)7(15-16-13)10(5,9)20/h1-2,5-7,18,20H,3H2,(H2,12,14,19)/t5-,6+,7?,9-,10+/m0/s1. The molecule has 1 aliphatic carbocycles. The Labute approximate surface area is 116 Å². The van der Waals surface area contributed by atoms with E-state index in [2.05, 4.69) is 15.0 Å². The molecular weight excluding hydrogens is 287 g/mol. The first-order chi connectivity index (χ1) is 9.92. The molecule has 2 aliphatic rings. The molecule has 4 N–H and O–H groups in total. The summed E-state index contributed by atoms with van der Waals surface area (Å²) in [5.41, 5.74) is 8.94. The van der Waals surface area contributed by atoms with Crippen LogP contribution in [0.1, 0.15) is 6.23 Å². The zero-order valence-electron chi connectivity index (χ0n) is 10.5. The second-order valence-electron chi connectivity index (χ2n) is 4.93. The van der Waals surface area contributed by atoms with Gasteiger partial charge in [0.05, 0.1) is 6.61 Å². The Hall–Kier alpha value is -2.20. The third-order valence-corrected chi connectivity index (χ3v) is 3.98. The molecule has 0 amide bonds. The smallest absolute Gasteiger partial charge is 0.351 e. The van der Waals surface area contributed by atoms with Crippen molar-refractivity contribution in [3.05, 3.63) is 33.2 Å². The number of nitrogens with zero attached hydrogens (tertiary/aromatic N) is 5. The van der Waals surface area contributed by atoms with E-state index >= 15 is 0 Å². The summed E-state index contributed by atoms with van der Waals surface area (Å²) in [5, 5.41) is 22.9. The van der Waals surface area contributed by atoms with Crippen LogP contribution in [0.3, 0.4) is 0 Å². The Morgan fingerprint density at radius 3 is 2.95 bits per heavy atom. The normalized spacial score (nSPS) is 40.4. The number of rotatable bonds is 3. The number of nitrogens with two attached hydrogens (primary N) is 1. The average Bonchev–Trinajstić information content (AvgIpc) is 2.86. The predicted octanol–water partition coefficient (Wildman–Crippen LogP) is -1.15. The van der Waals surface area contributed by atoms with Gasteiger partial charge in [-0.05, 0) is 11.6 Å². The van der Waals surface area contributed by atoms with E-state index in [4.69, 9.17) is 16.0 Å². The maximum absolute atomic E-state index is 14.5. The first kappa shape index (κ1) is 13.8. The molecule has 21 heavy (non-hydrogen) atoms. The highest BCUT2D eigenvalue weighted by molar-refractivity contribution is 5.38. The van der Waals surface area contributed by atoms with Crippen molar-refractivity contribution in [2.45, 2.75) is 29.6 Å². The first-order valence-corrected chi connectivity index (χ1v) is 5.96. The number of anilines is 1. The van der Waals surface area contributed by atoms with Crippen LogP contribution in [0.4, 0.5) is 10.2 Å². The molecule has 0 aromatic carbocycles. The number of hydrogen-bond acceptors (Lipinski definition) is 7. The number of nitrogen functional groups attached to an aromatic ring is 1. The minimum atomic E-state index is -2.18. The van der Waals surface area contributed by atoms with E-state index in [1.807, 2.05) is 0 Å². The van der Waals surface area contributed by atoms with Crippen LogP contribution in [0.2, 0.25) is 0 Å². The summed E-state index contributed by atoms with van der Waals surface area (Å²) in [6.07, 6.45) is -2.40. The van der Waals surface area contributed by atoms with E-state index < -0.39 is 41.9 Å². The summed E-state index contributed by atoms with van der Waals surface area (Å²) in [7, 11) is 0. The van der Waals surface area contributed by atoms with Crippen LogP contribution in [-0.2, 0) is 4.74 Å². The van der Waals surface area contributed by atoms with Gasteiger partial charge in [0, 0.05) is 11.1 Å². The summed E-state index contributed by atoms with van der Waals surface area (Å²) in [6, 6.07) is 0.00540. The number of ether oxygens (including phenoxy) is 1. The van der Waals surface area contributed by atoms with Gasteiger partial charge >= 0.3 is 5.69 Å². The van der Waals surface area contributed by atoms with E-state index in [0.29, 0.717) is 0 Å². The van der Waals surface area contributed by atoms with E-state index in [1.165, 1.54) is 12.3 Å². The van der Waals surface area contributed by atoms with Gasteiger partial charge < -0.3 is 20.7 Å². The van der Waals surface area contributed by atoms with Crippen molar-refractivity contribution in [2.75, 3.05) is 12.3 Å². The molecule has 1 aromatic rings. The van der Waals surface area contributed by atoms with Gasteiger partial charge in [-0.15, -0.1) is 0 Å². The lowest BCUT2D eigenvalue weighted by Gasteiger charge is -2.21. The van der Waals surface area contributed by atoms with Crippen molar-refractivity contribution in [3.63, 3.8) is 0 Å². The molecule has 3 rings (SSSR count). The van der Waals surface area contributed by atoms with E-state index in [1.54, 1.807) is 0 Å². The number of aromatic nitrogens is 2. The number of aliphatic hydroxyl groups is 2. The van der Waals surface area contributed by atoms with E-state index in [0.717, 1.165) is 4.57 Å². The van der Waals surface area contributed by atoms with Crippen LogP contribution in [0.25, 0.3) is 10.4 Å². The molecule has 0 bridgehead atoms. The lowest BCUT2D eigenvalue weighted by atomic mass is 10.1. The van der Waals surface area contributed by atoms with Gasteiger partial charge in [0.1, 0.15) is 23.1 Å². The first-order valence-electron chi connectivity index (χ1n) is 5.96. The molecule has 11 heteroatoms. The van der Waals surface area contributed by atoms with Gasteiger partial charge in [-0.3, -0.25) is 4.57 Å². The van der Waals surface area contributed by atoms with Gasteiger partial charge in [-0.25, -0.2) is 9.18 Å². The predicted molar refractivity (Wildman–Crippen MR) is 65.6 cm³/mol. The minimum Gasteiger partial charge on any atom is -0.393 e. The minimum absolute atomic E-state index is 0.0441. The Balaban J connectivity index is 2.00. The lowest BCUT2D eigenvalue weighted by Crippen LogP contribution is -2.37. The molecule has 2 fully saturated rings. The Morgan fingerprint density at radius 2 is 2.43 bits per heavy atom. The number of azide groups is 1. The van der Waals surface area contributed by atoms with Crippen LogP contribution in [0.5, 0.6) is 0 Å². The van der Waals surface area contributed by atoms with Gasteiger partial charge in [0.25, 0.3) is 0 Å². The van der Waals surface area contributed by atoms with Crippen molar-refractivity contribution in [1.82, 2.24) is 9.55 Å². The van der Waals surface area contributed by atoms with Crippen molar-refractivity contribution >= 4 is 5.82 Å². The molecule has 0 radical (unpaired) electrons. The fourth-order valence-corrected chi connectivity index (χ4v) is 2.83. The quantitative estimate of drug-likeness (QED) is 0.363. The van der Waals surface area contributed by atoms with Crippen molar-refractivity contribution < 1.29 is 19.3 Å². The van der Waals surface area contributed by atoms with Crippen molar-refractivity contribution in [3.8, 4) is 0 Å². The molecule has 5 atom stereocenters. The van der Waals surface area contributed by atoms with Crippen molar-refractivity contribution in [2.24, 2.45) is 5.11 Å². The highest BCUT2D eigenvalue weighted by atomic mass is 19.1. The fourth-order valence-electron chi connectivity index (χ4n) is 2.83. The molecule has 1 saturated heterocycles.